The van der Waals surface area contributed by atoms with Crippen LogP contribution in [0.2, 0.25) is 0 Å². The number of β-lactam (4-membered cyclic amide) rings is 1. The molecule has 0 spiro atoms. The number of para-hydroxylation sites is 1. The van der Waals surface area contributed by atoms with Gasteiger partial charge in [-0.25, -0.2) is 4.79 Å². The van der Waals surface area contributed by atoms with E-state index in [1.807, 2.05) is 0 Å². The zero-order valence-corrected chi connectivity index (χ0v) is 14.2. The number of aliphatic carboxylic acids is 1. The number of carboxylic acid groups (broad SMARTS) is 1. The number of nitrogens with two attached hydrogens (primary N) is 1. The number of nitrogen functional groups attached to an aromatic ring is 1. The molecule has 4 N–H and O–H groups in total. The average molecular weight is 349 g/mol. The minimum atomic E-state index is -1.02. The lowest BCUT2D eigenvalue weighted by molar-refractivity contribution is -0.161. The maximum absolute atomic E-state index is 12.3. The van der Waals surface area contributed by atoms with Crippen molar-refractivity contribution in [2.75, 3.05) is 5.73 Å². The summed E-state index contributed by atoms with van der Waals surface area (Å²) >= 11 is 1.40. The molecule has 0 aliphatic carbocycles. The van der Waals surface area contributed by atoms with Crippen molar-refractivity contribution in [3.8, 4) is 0 Å². The molecule has 0 saturated carbocycles. The summed E-state index contributed by atoms with van der Waals surface area (Å²) in [6, 6.07) is 5.49. The average Bonchev–Trinajstić information content (AvgIpc) is 2.76. The van der Waals surface area contributed by atoms with Crippen LogP contribution < -0.4 is 11.1 Å². The van der Waals surface area contributed by atoms with Gasteiger partial charge in [-0.1, -0.05) is 18.2 Å². The molecule has 1 aromatic carbocycles. The summed E-state index contributed by atoms with van der Waals surface area (Å²) in [6.07, 6.45) is 0.0829. The monoisotopic (exact) mass is 349 g/mol. The number of carboxylic acids is 1. The Kier molecular flexibility index (Phi) is 3.95. The highest BCUT2D eigenvalue weighted by molar-refractivity contribution is 8.01. The molecule has 24 heavy (non-hydrogen) atoms. The number of nitrogens with one attached hydrogen (secondary N) is 1. The number of carbonyl (C=O) groups is 3. The summed E-state index contributed by atoms with van der Waals surface area (Å²) in [7, 11) is 0. The third-order valence-electron chi connectivity index (χ3n) is 4.40. The highest BCUT2D eigenvalue weighted by Crippen LogP contribution is 2.50. The summed E-state index contributed by atoms with van der Waals surface area (Å²) in [5.41, 5.74) is 7.04. The molecule has 2 amide bonds. The van der Waals surface area contributed by atoms with Crippen LogP contribution in [0.5, 0.6) is 0 Å². The van der Waals surface area contributed by atoms with Crippen LogP contribution in [0.1, 0.15) is 19.4 Å². The van der Waals surface area contributed by atoms with Crippen molar-refractivity contribution in [2.24, 2.45) is 0 Å². The Morgan fingerprint density at radius 2 is 2.04 bits per heavy atom. The van der Waals surface area contributed by atoms with Crippen LogP contribution in [0, 0.1) is 0 Å². The Morgan fingerprint density at radius 1 is 1.38 bits per heavy atom. The first-order valence-electron chi connectivity index (χ1n) is 7.58. The normalized spacial score (nSPS) is 27.3. The van der Waals surface area contributed by atoms with Crippen LogP contribution in [0.3, 0.4) is 0 Å². The second kappa shape index (κ2) is 5.70. The van der Waals surface area contributed by atoms with E-state index in [0.29, 0.717) is 11.3 Å². The maximum Gasteiger partial charge on any atom is 0.327 e. The lowest BCUT2D eigenvalue weighted by Gasteiger charge is -2.43. The predicted octanol–water partition coefficient (Wildman–Crippen LogP) is 0.443. The van der Waals surface area contributed by atoms with E-state index in [-0.39, 0.29) is 23.6 Å². The smallest absolute Gasteiger partial charge is 0.327 e. The van der Waals surface area contributed by atoms with Gasteiger partial charge in [0.15, 0.2) is 0 Å². The van der Waals surface area contributed by atoms with Crippen molar-refractivity contribution in [1.82, 2.24) is 10.2 Å². The Hall–Kier alpha value is -2.22. The Morgan fingerprint density at radius 3 is 2.67 bits per heavy atom. The number of fused-ring (bicyclic) bond motifs is 1. The summed E-state index contributed by atoms with van der Waals surface area (Å²) < 4.78 is -0.602. The molecule has 7 nitrogen and oxygen atoms in total. The molecule has 0 aromatic heterocycles. The third kappa shape index (κ3) is 2.60. The van der Waals surface area contributed by atoms with E-state index in [0.717, 1.165) is 0 Å². The van der Waals surface area contributed by atoms with E-state index in [2.05, 4.69) is 5.32 Å². The van der Waals surface area contributed by atoms with Gasteiger partial charge < -0.3 is 21.1 Å². The number of rotatable bonds is 4. The van der Waals surface area contributed by atoms with Gasteiger partial charge >= 0.3 is 5.97 Å². The van der Waals surface area contributed by atoms with Crippen molar-refractivity contribution in [3.63, 3.8) is 0 Å². The number of nitrogens with zero attached hydrogens (tertiary/aromatic N) is 1. The van der Waals surface area contributed by atoms with Gasteiger partial charge in [0.05, 0.1) is 6.42 Å². The van der Waals surface area contributed by atoms with Gasteiger partial charge in [0.25, 0.3) is 0 Å². The number of amides is 2. The number of hydrogen-bond donors (Lipinski definition) is 3. The molecule has 1 aromatic rings. The largest absolute Gasteiger partial charge is 0.480 e. The zero-order chi connectivity index (χ0) is 17.6. The molecule has 128 valence electrons. The molecule has 3 rings (SSSR count). The van der Waals surface area contributed by atoms with Gasteiger partial charge in [-0.05, 0) is 25.5 Å². The minimum Gasteiger partial charge on any atom is -0.480 e. The van der Waals surface area contributed by atoms with Crippen molar-refractivity contribution in [2.45, 2.75) is 42.5 Å². The maximum atomic E-state index is 12.3. The number of benzene rings is 1. The molecule has 2 aliphatic rings. The third-order valence-corrected chi connectivity index (χ3v) is 5.97. The summed E-state index contributed by atoms with van der Waals surface area (Å²) in [6.45, 7) is 3.59. The molecule has 0 bridgehead atoms. The van der Waals surface area contributed by atoms with Gasteiger partial charge in [0, 0.05) is 10.4 Å². The Bertz CT molecular complexity index is 721. The molecule has 8 heteroatoms. The van der Waals surface area contributed by atoms with Crippen molar-refractivity contribution in [3.05, 3.63) is 29.8 Å². The van der Waals surface area contributed by atoms with Crippen molar-refractivity contribution < 1.29 is 19.5 Å². The fourth-order valence-corrected chi connectivity index (χ4v) is 4.86. The standard InChI is InChI=1S/C16H19N3O4S/c1-16(2)12(15(22)23)19-13(21)11(14(19)24-16)18-10(20)7-8-5-3-4-6-9(8)17/h3-6,11-12,14H,7,17H2,1-2H3,(H,18,20)(H,22,23)/t11?,12?,14-/m1/s1. The minimum absolute atomic E-state index is 0.0829. The van der Waals surface area contributed by atoms with Gasteiger partial charge in [-0.2, -0.15) is 0 Å². The first-order chi connectivity index (χ1) is 11.2. The number of anilines is 1. The second-order valence-electron chi connectivity index (χ2n) is 6.52. The van der Waals surface area contributed by atoms with E-state index in [1.165, 1.54) is 16.7 Å². The molecular weight excluding hydrogens is 330 g/mol. The lowest BCUT2D eigenvalue weighted by atomic mass is 9.96. The summed E-state index contributed by atoms with van der Waals surface area (Å²) in [4.78, 5) is 37.3. The van der Waals surface area contributed by atoms with Crippen LogP contribution >= 0.6 is 11.8 Å². The number of hydrogen-bond acceptors (Lipinski definition) is 5. The second-order valence-corrected chi connectivity index (χ2v) is 8.29. The van der Waals surface area contributed by atoms with Crippen molar-refractivity contribution in [1.29, 1.82) is 0 Å². The highest BCUT2D eigenvalue weighted by atomic mass is 32.2. The fraction of sp³-hybridized carbons (Fsp3) is 0.438. The van der Waals surface area contributed by atoms with Crippen LogP contribution in [0.4, 0.5) is 5.69 Å². The fourth-order valence-electron chi connectivity index (χ4n) is 3.24. The molecule has 3 atom stereocenters. The Labute approximate surface area is 143 Å². The molecule has 2 fully saturated rings. The molecule has 2 unspecified atom stereocenters. The van der Waals surface area contributed by atoms with E-state index in [9.17, 15) is 19.5 Å². The summed E-state index contributed by atoms with van der Waals surface area (Å²) in [5, 5.41) is 11.7. The highest BCUT2D eigenvalue weighted by Gasteiger charge is 2.64. The number of carbonyl (C=O) groups excluding carboxylic acids is 2. The first kappa shape index (κ1) is 16.6. The van der Waals surface area contributed by atoms with Gasteiger partial charge in [-0.15, -0.1) is 11.8 Å². The first-order valence-corrected chi connectivity index (χ1v) is 8.46. The van der Waals surface area contributed by atoms with Gasteiger partial charge in [-0.3, -0.25) is 9.59 Å². The van der Waals surface area contributed by atoms with Crippen LogP contribution in [0.15, 0.2) is 24.3 Å². The topological polar surface area (TPSA) is 113 Å². The van der Waals surface area contributed by atoms with Crippen molar-refractivity contribution >= 4 is 35.2 Å². The molecular formula is C16H19N3O4S. The van der Waals surface area contributed by atoms with Crippen LogP contribution in [0.25, 0.3) is 0 Å². The quantitative estimate of drug-likeness (QED) is 0.537. The molecule has 2 saturated heterocycles. The van der Waals surface area contributed by atoms with Gasteiger partial charge in [0.1, 0.15) is 17.5 Å². The van der Waals surface area contributed by atoms with E-state index in [1.54, 1.807) is 38.1 Å². The van der Waals surface area contributed by atoms with Gasteiger partial charge in [0.2, 0.25) is 11.8 Å². The SMILES string of the molecule is CC1(C)S[C@@H]2C(NC(=O)Cc3ccccc3N)C(=O)N2C1C(=O)O. The van der Waals surface area contributed by atoms with E-state index < -0.39 is 22.8 Å². The summed E-state index contributed by atoms with van der Waals surface area (Å²) in [5.74, 6) is -1.67. The van der Waals surface area contributed by atoms with E-state index in [4.69, 9.17) is 5.73 Å². The molecule has 2 aliphatic heterocycles. The Balaban J connectivity index is 1.68. The zero-order valence-electron chi connectivity index (χ0n) is 13.4. The van der Waals surface area contributed by atoms with E-state index >= 15 is 0 Å². The number of thioether (sulfide) groups is 1. The van der Waals surface area contributed by atoms with Crippen LogP contribution in [-0.4, -0.2) is 50.0 Å². The predicted molar refractivity (Wildman–Crippen MR) is 90.2 cm³/mol. The van der Waals surface area contributed by atoms with Crippen LogP contribution in [-0.2, 0) is 20.8 Å². The lowest BCUT2D eigenvalue weighted by Crippen LogP contribution is -2.70. The molecule has 0 radical (unpaired) electrons. The molecule has 2 heterocycles.